The number of carboxylic acid groups (broad SMARTS) is 1. The number of carbonyl (C=O) groups excluding carboxylic acids is 1. The van der Waals surface area contributed by atoms with Crippen molar-refractivity contribution in [3.63, 3.8) is 0 Å². The third kappa shape index (κ3) is 2.83. The molecule has 18 heavy (non-hydrogen) atoms. The number of nitrogens with one attached hydrogen (secondary N) is 1. The molecule has 0 aromatic carbocycles. The standard InChI is InChI=1S/C13H22N2O3/c1-9-11(13(17)18)6-7-15(9)12(16)8-14-10-4-2-3-5-10/h9-11,14H,2-8H2,1H3,(H,17,18). The molecule has 0 aromatic rings. The van der Waals surface area contributed by atoms with E-state index in [9.17, 15) is 9.59 Å². The molecule has 1 saturated heterocycles. The molecule has 1 amide bonds. The lowest BCUT2D eigenvalue weighted by Gasteiger charge is -2.24. The number of rotatable bonds is 4. The molecule has 102 valence electrons. The minimum absolute atomic E-state index is 0.0400. The second-order valence-corrected chi connectivity index (χ2v) is 5.42. The van der Waals surface area contributed by atoms with Gasteiger partial charge in [-0.15, -0.1) is 0 Å². The average molecular weight is 254 g/mol. The molecule has 1 aliphatic heterocycles. The summed E-state index contributed by atoms with van der Waals surface area (Å²) >= 11 is 0. The first-order valence-corrected chi connectivity index (χ1v) is 6.85. The second kappa shape index (κ2) is 5.69. The molecular weight excluding hydrogens is 232 g/mol. The highest BCUT2D eigenvalue weighted by atomic mass is 16.4. The van der Waals surface area contributed by atoms with Gasteiger partial charge >= 0.3 is 5.97 Å². The van der Waals surface area contributed by atoms with Crippen molar-refractivity contribution in [2.75, 3.05) is 13.1 Å². The Balaban J connectivity index is 1.80. The molecule has 2 unspecified atom stereocenters. The smallest absolute Gasteiger partial charge is 0.308 e. The molecule has 2 N–H and O–H groups in total. The highest BCUT2D eigenvalue weighted by Gasteiger charge is 2.37. The minimum atomic E-state index is -0.790. The second-order valence-electron chi connectivity index (χ2n) is 5.42. The van der Waals surface area contributed by atoms with E-state index in [1.165, 1.54) is 12.8 Å². The van der Waals surface area contributed by atoms with Crippen LogP contribution >= 0.6 is 0 Å². The maximum absolute atomic E-state index is 12.1. The summed E-state index contributed by atoms with van der Waals surface area (Å²) in [6.45, 7) is 2.75. The quantitative estimate of drug-likeness (QED) is 0.780. The van der Waals surface area contributed by atoms with E-state index in [0.717, 1.165) is 12.8 Å². The molecule has 1 heterocycles. The van der Waals surface area contributed by atoms with Crippen molar-refractivity contribution in [1.82, 2.24) is 10.2 Å². The topological polar surface area (TPSA) is 69.6 Å². The molecule has 5 nitrogen and oxygen atoms in total. The van der Waals surface area contributed by atoms with Crippen LogP contribution in [-0.2, 0) is 9.59 Å². The first-order chi connectivity index (χ1) is 8.59. The fourth-order valence-corrected chi connectivity index (χ4v) is 3.08. The summed E-state index contributed by atoms with van der Waals surface area (Å²) < 4.78 is 0. The van der Waals surface area contributed by atoms with Crippen LogP contribution in [0.2, 0.25) is 0 Å². The Morgan fingerprint density at radius 2 is 1.94 bits per heavy atom. The molecule has 0 bridgehead atoms. The number of hydrogen-bond acceptors (Lipinski definition) is 3. The van der Waals surface area contributed by atoms with Crippen LogP contribution < -0.4 is 5.32 Å². The van der Waals surface area contributed by atoms with E-state index in [-0.39, 0.29) is 11.9 Å². The van der Waals surface area contributed by atoms with Gasteiger partial charge in [-0.3, -0.25) is 9.59 Å². The fraction of sp³-hybridized carbons (Fsp3) is 0.846. The predicted molar refractivity (Wildman–Crippen MR) is 67.2 cm³/mol. The van der Waals surface area contributed by atoms with Crippen LogP contribution in [0.4, 0.5) is 0 Å². The van der Waals surface area contributed by atoms with Crippen molar-refractivity contribution in [2.45, 2.75) is 51.1 Å². The summed E-state index contributed by atoms with van der Waals surface area (Å²) in [4.78, 5) is 24.8. The Morgan fingerprint density at radius 3 is 2.50 bits per heavy atom. The van der Waals surface area contributed by atoms with Gasteiger partial charge in [0.25, 0.3) is 0 Å². The molecular formula is C13H22N2O3. The average Bonchev–Trinajstić information content (AvgIpc) is 2.94. The van der Waals surface area contributed by atoms with Gasteiger partial charge < -0.3 is 15.3 Å². The lowest BCUT2D eigenvalue weighted by Crippen LogP contribution is -2.44. The van der Waals surface area contributed by atoms with Crippen LogP contribution in [0.25, 0.3) is 0 Å². The number of nitrogens with zero attached hydrogens (tertiary/aromatic N) is 1. The minimum Gasteiger partial charge on any atom is -0.481 e. The molecule has 5 heteroatoms. The maximum Gasteiger partial charge on any atom is 0.308 e. The summed E-state index contributed by atoms with van der Waals surface area (Å²) in [6.07, 6.45) is 5.37. The van der Waals surface area contributed by atoms with Crippen molar-refractivity contribution >= 4 is 11.9 Å². The largest absolute Gasteiger partial charge is 0.481 e. The summed E-state index contributed by atoms with van der Waals surface area (Å²) in [5.41, 5.74) is 0. The summed E-state index contributed by atoms with van der Waals surface area (Å²) in [5.74, 6) is -1.15. The molecule has 0 spiro atoms. The van der Waals surface area contributed by atoms with E-state index in [0.29, 0.717) is 25.6 Å². The van der Waals surface area contributed by atoms with E-state index in [1.54, 1.807) is 4.90 Å². The third-order valence-corrected chi connectivity index (χ3v) is 4.29. The zero-order chi connectivity index (χ0) is 13.1. The Bertz CT molecular complexity index is 326. The van der Waals surface area contributed by atoms with Crippen molar-refractivity contribution in [3.05, 3.63) is 0 Å². The zero-order valence-corrected chi connectivity index (χ0v) is 10.9. The van der Waals surface area contributed by atoms with Crippen LogP contribution in [0.1, 0.15) is 39.0 Å². The van der Waals surface area contributed by atoms with Gasteiger partial charge in [0, 0.05) is 18.6 Å². The van der Waals surface area contributed by atoms with Crippen molar-refractivity contribution < 1.29 is 14.7 Å². The Kier molecular flexibility index (Phi) is 4.22. The van der Waals surface area contributed by atoms with Gasteiger partial charge in [-0.2, -0.15) is 0 Å². The number of hydrogen-bond donors (Lipinski definition) is 2. The van der Waals surface area contributed by atoms with E-state index in [2.05, 4.69) is 5.32 Å². The predicted octanol–water partition coefficient (Wildman–Crippen LogP) is 0.840. The summed E-state index contributed by atoms with van der Waals surface area (Å²) in [5, 5.41) is 12.3. The highest BCUT2D eigenvalue weighted by molar-refractivity contribution is 5.81. The van der Waals surface area contributed by atoms with Crippen molar-refractivity contribution in [3.8, 4) is 0 Å². The van der Waals surface area contributed by atoms with Crippen LogP contribution in [0.3, 0.4) is 0 Å². The van der Waals surface area contributed by atoms with Crippen molar-refractivity contribution in [2.24, 2.45) is 5.92 Å². The number of carboxylic acids is 1. The normalized spacial score (nSPS) is 28.8. The van der Waals surface area contributed by atoms with Gasteiger partial charge in [0.1, 0.15) is 0 Å². The Labute approximate surface area is 108 Å². The Hall–Kier alpha value is -1.10. The fourth-order valence-electron chi connectivity index (χ4n) is 3.08. The Morgan fingerprint density at radius 1 is 1.28 bits per heavy atom. The molecule has 2 rings (SSSR count). The lowest BCUT2D eigenvalue weighted by molar-refractivity contribution is -0.143. The molecule has 2 atom stereocenters. The van der Waals surface area contributed by atoms with Crippen LogP contribution in [0.5, 0.6) is 0 Å². The van der Waals surface area contributed by atoms with Gasteiger partial charge in [-0.25, -0.2) is 0 Å². The number of carbonyl (C=O) groups is 2. The van der Waals surface area contributed by atoms with Gasteiger partial charge in [0.05, 0.1) is 12.5 Å². The van der Waals surface area contributed by atoms with Crippen molar-refractivity contribution in [1.29, 1.82) is 0 Å². The van der Waals surface area contributed by atoms with E-state index < -0.39 is 11.9 Å². The third-order valence-electron chi connectivity index (χ3n) is 4.29. The molecule has 1 saturated carbocycles. The van der Waals surface area contributed by atoms with Gasteiger partial charge in [-0.05, 0) is 26.2 Å². The van der Waals surface area contributed by atoms with Crippen LogP contribution in [0, 0.1) is 5.92 Å². The van der Waals surface area contributed by atoms with Gasteiger partial charge in [0.2, 0.25) is 5.91 Å². The first-order valence-electron chi connectivity index (χ1n) is 6.85. The molecule has 1 aliphatic carbocycles. The van der Waals surface area contributed by atoms with Crippen LogP contribution in [-0.4, -0.2) is 47.1 Å². The van der Waals surface area contributed by atoms with Gasteiger partial charge in [0.15, 0.2) is 0 Å². The summed E-state index contributed by atoms with van der Waals surface area (Å²) in [6, 6.07) is 0.294. The monoisotopic (exact) mass is 254 g/mol. The maximum atomic E-state index is 12.1. The number of aliphatic carboxylic acids is 1. The van der Waals surface area contributed by atoms with E-state index in [4.69, 9.17) is 5.11 Å². The van der Waals surface area contributed by atoms with Gasteiger partial charge in [-0.1, -0.05) is 12.8 Å². The van der Waals surface area contributed by atoms with E-state index >= 15 is 0 Å². The molecule has 0 radical (unpaired) electrons. The SMILES string of the molecule is CC1C(C(=O)O)CCN1C(=O)CNC1CCCC1. The summed E-state index contributed by atoms with van der Waals surface area (Å²) in [7, 11) is 0. The molecule has 0 aromatic heterocycles. The molecule has 2 aliphatic rings. The molecule has 2 fully saturated rings. The first kappa shape index (κ1) is 13.3. The number of amides is 1. The highest BCUT2D eigenvalue weighted by Crippen LogP contribution is 2.24. The zero-order valence-electron chi connectivity index (χ0n) is 10.9. The lowest BCUT2D eigenvalue weighted by atomic mass is 10.0. The van der Waals surface area contributed by atoms with Crippen LogP contribution in [0.15, 0.2) is 0 Å². The number of likely N-dealkylation sites (tertiary alicyclic amines) is 1. The van der Waals surface area contributed by atoms with E-state index in [1.807, 2.05) is 6.92 Å².